The number of amides is 2. The van der Waals surface area contributed by atoms with Crippen LogP contribution in [0.1, 0.15) is 48.2 Å². The fourth-order valence-electron chi connectivity index (χ4n) is 4.21. The van der Waals surface area contributed by atoms with Gasteiger partial charge in [-0.1, -0.05) is 0 Å². The summed E-state index contributed by atoms with van der Waals surface area (Å²) in [5.41, 5.74) is 0.695. The molecule has 4 rings (SSSR count). The molecule has 1 aromatic heterocycles. The minimum absolute atomic E-state index is 0.0437. The van der Waals surface area contributed by atoms with Crippen LogP contribution in [0.15, 0.2) is 16.7 Å². The van der Waals surface area contributed by atoms with Crippen LogP contribution in [-0.2, 0) is 9.53 Å². The molecule has 3 fully saturated rings. The van der Waals surface area contributed by atoms with Gasteiger partial charge in [-0.15, -0.1) is 0 Å². The summed E-state index contributed by atoms with van der Waals surface area (Å²) >= 11 is 0. The molecule has 0 N–H and O–H groups in total. The number of likely N-dealkylation sites (tertiary alicyclic amines) is 2. The Morgan fingerprint density at radius 1 is 1.36 bits per heavy atom. The summed E-state index contributed by atoms with van der Waals surface area (Å²) in [7, 11) is 0. The average molecular weight is 346 g/mol. The Hall–Kier alpha value is -1.82. The van der Waals surface area contributed by atoms with Crippen molar-refractivity contribution in [2.75, 3.05) is 32.8 Å². The fraction of sp³-hybridized carbons (Fsp3) is 0.684. The summed E-state index contributed by atoms with van der Waals surface area (Å²) in [6.45, 7) is 5.57. The Morgan fingerprint density at radius 3 is 2.84 bits per heavy atom. The lowest BCUT2D eigenvalue weighted by molar-refractivity contribution is -0.170. The van der Waals surface area contributed by atoms with Crippen LogP contribution in [0.25, 0.3) is 0 Å². The molecular formula is C19H26N2O4. The van der Waals surface area contributed by atoms with Crippen molar-refractivity contribution in [3.63, 3.8) is 0 Å². The van der Waals surface area contributed by atoms with E-state index in [4.69, 9.17) is 9.15 Å². The van der Waals surface area contributed by atoms with E-state index in [1.807, 2.05) is 17.9 Å². The molecule has 0 unspecified atom stereocenters. The molecule has 25 heavy (non-hydrogen) atoms. The van der Waals surface area contributed by atoms with Crippen molar-refractivity contribution in [2.24, 2.45) is 5.92 Å². The number of hydrogen-bond donors (Lipinski definition) is 0. The summed E-state index contributed by atoms with van der Waals surface area (Å²) < 4.78 is 11.5. The van der Waals surface area contributed by atoms with Gasteiger partial charge in [-0.05, 0) is 38.7 Å². The molecule has 0 aliphatic carbocycles. The van der Waals surface area contributed by atoms with Gasteiger partial charge in [0.1, 0.15) is 5.60 Å². The van der Waals surface area contributed by atoms with Crippen molar-refractivity contribution in [3.8, 4) is 0 Å². The number of nitrogens with zero attached hydrogens (tertiary/aromatic N) is 2. The minimum Gasteiger partial charge on any atom is -0.459 e. The van der Waals surface area contributed by atoms with Gasteiger partial charge in [-0.25, -0.2) is 0 Å². The Balaban J connectivity index is 1.26. The highest BCUT2D eigenvalue weighted by Crippen LogP contribution is 2.37. The first-order chi connectivity index (χ1) is 12.1. The molecule has 6 heteroatoms. The number of piperidine rings is 1. The zero-order valence-corrected chi connectivity index (χ0v) is 14.8. The number of ether oxygens (including phenoxy) is 1. The summed E-state index contributed by atoms with van der Waals surface area (Å²) in [6, 6.07) is 1.81. The van der Waals surface area contributed by atoms with Gasteiger partial charge in [0.25, 0.3) is 5.91 Å². The lowest BCUT2D eigenvalue weighted by atomic mass is 9.82. The number of carbonyl (C=O) groups is 2. The highest BCUT2D eigenvalue weighted by molar-refractivity contribution is 5.93. The molecular weight excluding hydrogens is 320 g/mol. The maximum absolute atomic E-state index is 12.4. The van der Waals surface area contributed by atoms with Crippen molar-refractivity contribution in [1.82, 2.24) is 9.80 Å². The SMILES string of the molecule is Cc1ccoc1C(=O)N1CC2(CC[C@H](CN3CCCCC3=O)CO2)C1. The maximum atomic E-state index is 12.4. The van der Waals surface area contributed by atoms with Crippen LogP contribution in [0.2, 0.25) is 0 Å². The van der Waals surface area contributed by atoms with E-state index < -0.39 is 0 Å². The van der Waals surface area contributed by atoms with Gasteiger partial charge in [0.15, 0.2) is 5.76 Å². The van der Waals surface area contributed by atoms with Crippen molar-refractivity contribution in [2.45, 2.75) is 44.6 Å². The largest absolute Gasteiger partial charge is 0.459 e. The molecule has 3 aliphatic rings. The van der Waals surface area contributed by atoms with Crippen LogP contribution in [-0.4, -0.2) is 60.0 Å². The van der Waals surface area contributed by atoms with E-state index in [1.165, 1.54) is 0 Å². The second kappa shape index (κ2) is 6.48. The molecule has 1 atom stereocenters. The second-order valence-corrected chi connectivity index (χ2v) is 7.79. The first-order valence-corrected chi connectivity index (χ1v) is 9.31. The summed E-state index contributed by atoms with van der Waals surface area (Å²) in [4.78, 5) is 28.2. The van der Waals surface area contributed by atoms with Crippen LogP contribution in [0.4, 0.5) is 0 Å². The molecule has 4 heterocycles. The smallest absolute Gasteiger partial charge is 0.290 e. The topological polar surface area (TPSA) is 63.0 Å². The average Bonchev–Trinajstić information content (AvgIpc) is 3.01. The van der Waals surface area contributed by atoms with E-state index in [0.29, 0.717) is 43.7 Å². The molecule has 3 aliphatic heterocycles. The predicted octanol–water partition coefficient (Wildman–Crippen LogP) is 2.22. The van der Waals surface area contributed by atoms with E-state index >= 15 is 0 Å². The van der Waals surface area contributed by atoms with E-state index in [2.05, 4.69) is 0 Å². The van der Waals surface area contributed by atoms with Gasteiger partial charge in [0.05, 0.1) is 26.0 Å². The first-order valence-electron chi connectivity index (χ1n) is 9.31. The van der Waals surface area contributed by atoms with Crippen LogP contribution < -0.4 is 0 Å². The van der Waals surface area contributed by atoms with Crippen molar-refractivity contribution in [3.05, 3.63) is 23.7 Å². The van der Waals surface area contributed by atoms with Crippen LogP contribution >= 0.6 is 0 Å². The van der Waals surface area contributed by atoms with Gasteiger partial charge in [-0.3, -0.25) is 9.59 Å². The molecule has 6 nitrogen and oxygen atoms in total. The monoisotopic (exact) mass is 346 g/mol. The molecule has 0 saturated carbocycles. The molecule has 1 spiro atoms. The molecule has 0 radical (unpaired) electrons. The van der Waals surface area contributed by atoms with Crippen molar-refractivity contribution >= 4 is 11.8 Å². The highest BCUT2D eigenvalue weighted by atomic mass is 16.5. The second-order valence-electron chi connectivity index (χ2n) is 7.79. The highest BCUT2D eigenvalue weighted by Gasteiger charge is 2.49. The Morgan fingerprint density at radius 2 is 2.20 bits per heavy atom. The Labute approximate surface area is 148 Å². The number of rotatable bonds is 3. The van der Waals surface area contributed by atoms with E-state index in [-0.39, 0.29) is 11.5 Å². The van der Waals surface area contributed by atoms with Crippen LogP contribution in [0.5, 0.6) is 0 Å². The van der Waals surface area contributed by atoms with Gasteiger partial charge in [0.2, 0.25) is 5.91 Å². The third-order valence-electron chi connectivity index (χ3n) is 5.83. The third kappa shape index (κ3) is 3.19. The Bertz CT molecular complexity index is 652. The molecule has 0 aromatic carbocycles. The lowest BCUT2D eigenvalue weighted by Gasteiger charge is -2.52. The summed E-state index contributed by atoms with van der Waals surface area (Å²) in [6.07, 6.45) is 6.42. The van der Waals surface area contributed by atoms with E-state index in [9.17, 15) is 9.59 Å². The van der Waals surface area contributed by atoms with Gasteiger partial charge in [-0.2, -0.15) is 0 Å². The molecule has 3 saturated heterocycles. The third-order valence-corrected chi connectivity index (χ3v) is 5.83. The molecule has 136 valence electrons. The molecule has 0 bridgehead atoms. The van der Waals surface area contributed by atoms with Crippen LogP contribution in [0.3, 0.4) is 0 Å². The standard InChI is InChI=1S/C19H26N2O4/c1-14-6-9-24-17(14)18(23)21-12-19(13-21)7-5-15(11-25-19)10-20-8-3-2-4-16(20)22/h6,9,15H,2-5,7-8,10-13H2,1H3/t15-/m1/s1. The number of hydrogen-bond acceptors (Lipinski definition) is 4. The van der Waals surface area contributed by atoms with Crippen molar-refractivity contribution < 1.29 is 18.7 Å². The van der Waals surface area contributed by atoms with Crippen LogP contribution in [0, 0.1) is 12.8 Å². The number of carbonyl (C=O) groups excluding carboxylic acids is 2. The maximum Gasteiger partial charge on any atom is 0.290 e. The number of aryl methyl sites for hydroxylation is 1. The summed E-state index contributed by atoms with van der Waals surface area (Å²) in [5.74, 6) is 1.11. The van der Waals surface area contributed by atoms with E-state index in [1.54, 1.807) is 11.2 Å². The fourth-order valence-corrected chi connectivity index (χ4v) is 4.21. The normalized spacial score (nSPS) is 26.0. The van der Waals surface area contributed by atoms with Crippen molar-refractivity contribution in [1.29, 1.82) is 0 Å². The van der Waals surface area contributed by atoms with Gasteiger partial charge < -0.3 is 19.0 Å². The Kier molecular flexibility index (Phi) is 4.31. The molecule has 1 aromatic rings. The quantitative estimate of drug-likeness (QED) is 0.842. The van der Waals surface area contributed by atoms with Gasteiger partial charge in [0, 0.05) is 31.0 Å². The minimum atomic E-state index is -0.182. The number of furan rings is 1. The zero-order chi connectivity index (χ0) is 17.4. The van der Waals surface area contributed by atoms with Gasteiger partial charge >= 0.3 is 0 Å². The first kappa shape index (κ1) is 16.6. The lowest BCUT2D eigenvalue weighted by Crippen LogP contribution is -2.66. The predicted molar refractivity (Wildman–Crippen MR) is 91.2 cm³/mol. The zero-order valence-electron chi connectivity index (χ0n) is 14.8. The van der Waals surface area contributed by atoms with E-state index in [0.717, 1.165) is 44.3 Å². The summed E-state index contributed by atoms with van der Waals surface area (Å²) in [5, 5.41) is 0. The molecule has 2 amide bonds.